The Morgan fingerprint density at radius 3 is 2.15 bits per heavy atom. The van der Waals surface area contributed by atoms with Crippen molar-refractivity contribution in [1.29, 1.82) is 10.8 Å². The van der Waals surface area contributed by atoms with Crippen LogP contribution in [0.5, 0.6) is 0 Å². The van der Waals surface area contributed by atoms with E-state index < -0.39 is 0 Å². The van der Waals surface area contributed by atoms with E-state index in [2.05, 4.69) is 0 Å². The third-order valence-electron chi connectivity index (χ3n) is 1.28. The van der Waals surface area contributed by atoms with Crippen molar-refractivity contribution in [3.05, 3.63) is 0 Å². The van der Waals surface area contributed by atoms with Gasteiger partial charge in [-0.3, -0.25) is 15.7 Å². The molecular weight excluding hydrogens is 174 g/mol. The second-order valence-corrected chi connectivity index (χ2v) is 2.26. The number of aliphatic hydroxyl groups excluding tert-OH is 1. The van der Waals surface area contributed by atoms with E-state index in [4.69, 9.17) is 32.1 Å². The highest BCUT2D eigenvalue weighted by Crippen LogP contribution is 1.85. The first kappa shape index (κ1) is 11.7. The highest BCUT2D eigenvalue weighted by atomic mass is 16.5. The lowest BCUT2D eigenvalue weighted by Gasteiger charge is -2.19. The van der Waals surface area contributed by atoms with Crippen LogP contribution in [0.3, 0.4) is 0 Å². The van der Waals surface area contributed by atoms with Crippen LogP contribution < -0.4 is 11.5 Å². The number of nitrogens with two attached hydrogens (primary N) is 2. The molecule has 0 aromatic heterocycles. The van der Waals surface area contributed by atoms with Crippen LogP contribution in [0, 0.1) is 10.8 Å². The molecule has 7 N–H and O–H groups in total. The lowest BCUT2D eigenvalue weighted by Crippen LogP contribution is -2.46. The number of ether oxygens (including phenoxy) is 1. The molecule has 13 heavy (non-hydrogen) atoms. The Morgan fingerprint density at radius 1 is 1.23 bits per heavy atom. The second kappa shape index (κ2) is 6.21. The molecule has 0 unspecified atom stereocenters. The lowest BCUT2D eigenvalue weighted by atomic mass is 10.5. The molecule has 0 aliphatic carbocycles. The van der Waals surface area contributed by atoms with Crippen molar-refractivity contribution < 1.29 is 9.84 Å². The number of aliphatic hydroxyl groups is 1. The predicted molar refractivity (Wildman–Crippen MR) is 48.4 cm³/mol. The van der Waals surface area contributed by atoms with Gasteiger partial charge in [0.15, 0.2) is 11.9 Å². The molecule has 0 spiro atoms. The molecule has 7 nitrogen and oxygen atoms in total. The lowest BCUT2D eigenvalue weighted by molar-refractivity contribution is 0.0893. The largest absolute Gasteiger partial charge is 0.394 e. The average Bonchev–Trinajstić information content (AvgIpc) is 2.02. The van der Waals surface area contributed by atoms with E-state index in [0.29, 0.717) is 0 Å². The fourth-order valence-electron chi connectivity index (χ4n) is 0.693. The fraction of sp³-hybridized carbons (Fsp3) is 0.667. The van der Waals surface area contributed by atoms with Gasteiger partial charge in [0.2, 0.25) is 0 Å². The Hall–Kier alpha value is -1.34. The van der Waals surface area contributed by atoms with Gasteiger partial charge in [-0.05, 0) is 0 Å². The number of nitrogens with one attached hydrogen (secondary N) is 2. The Morgan fingerprint density at radius 2 is 1.77 bits per heavy atom. The maximum absolute atomic E-state index is 8.38. The summed E-state index contributed by atoms with van der Waals surface area (Å²) in [6.07, 6.45) is 0. The van der Waals surface area contributed by atoms with Crippen LogP contribution in [-0.4, -0.2) is 48.3 Å². The molecule has 0 saturated heterocycles. The number of rotatable bonds is 5. The second-order valence-electron chi connectivity index (χ2n) is 2.26. The minimum Gasteiger partial charge on any atom is -0.394 e. The van der Waals surface area contributed by atoms with Gasteiger partial charge in [-0.15, -0.1) is 0 Å². The highest BCUT2D eigenvalue weighted by molar-refractivity contribution is 5.94. The zero-order chi connectivity index (χ0) is 10.3. The first-order chi connectivity index (χ1) is 6.09. The third kappa shape index (κ3) is 4.99. The minimum atomic E-state index is -0.292. The fourth-order valence-corrected chi connectivity index (χ4v) is 0.693. The van der Waals surface area contributed by atoms with Crippen LogP contribution in [-0.2, 0) is 4.74 Å². The van der Waals surface area contributed by atoms with Crippen molar-refractivity contribution in [2.45, 2.75) is 0 Å². The summed E-state index contributed by atoms with van der Waals surface area (Å²) in [5.41, 5.74) is 10.3. The molecule has 0 bridgehead atoms. The van der Waals surface area contributed by atoms with Gasteiger partial charge in [0.05, 0.1) is 26.4 Å². The van der Waals surface area contributed by atoms with Crippen molar-refractivity contribution in [2.75, 3.05) is 26.4 Å². The van der Waals surface area contributed by atoms with Crippen molar-refractivity contribution in [3.8, 4) is 0 Å². The molecule has 0 fully saturated rings. The molecule has 0 saturated carbocycles. The van der Waals surface area contributed by atoms with E-state index in [1.165, 1.54) is 0 Å². The molecule has 0 rings (SSSR count). The highest BCUT2D eigenvalue weighted by Gasteiger charge is 2.08. The molecule has 76 valence electrons. The van der Waals surface area contributed by atoms with Gasteiger partial charge in [-0.1, -0.05) is 0 Å². The summed E-state index contributed by atoms with van der Waals surface area (Å²) in [7, 11) is 0. The molecule has 0 atom stereocenters. The topological polar surface area (TPSA) is 132 Å². The Labute approximate surface area is 76.3 Å². The summed E-state index contributed by atoms with van der Waals surface area (Å²) >= 11 is 0. The van der Waals surface area contributed by atoms with Crippen LogP contribution in [0.2, 0.25) is 0 Å². The van der Waals surface area contributed by atoms with Crippen LogP contribution in [0.1, 0.15) is 0 Å². The number of nitrogens with zero attached hydrogens (tertiary/aromatic N) is 1. The van der Waals surface area contributed by atoms with Gasteiger partial charge in [-0.2, -0.15) is 0 Å². The third-order valence-corrected chi connectivity index (χ3v) is 1.28. The smallest absolute Gasteiger partial charge is 0.195 e. The van der Waals surface area contributed by atoms with Crippen LogP contribution in [0.25, 0.3) is 0 Å². The Bertz CT molecular complexity index is 170. The summed E-state index contributed by atoms with van der Waals surface area (Å²) in [5.74, 6) is -0.583. The van der Waals surface area contributed by atoms with Crippen molar-refractivity contribution in [1.82, 2.24) is 4.90 Å². The van der Waals surface area contributed by atoms with Gasteiger partial charge in [0.1, 0.15) is 0 Å². The van der Waals surface area contributed by atoms with E-state index in [-0.39, 0.29) is 38.3 Å². The van der Waals surface area contributed by atoms with E-state index in [9.17, 15) is 0 Å². The van der Waals surface area contributed by atoms with E-state index in [1.54, 1.807) is 0 Å². The normalized spacial score (nSPS) is 9.62. The molecule has 0 aromatic carbocycles. The van der Waals surface area contributed by atoms with E-state index in [1.807, 2.05) is 0 Å². The summed E-state index contributed by atoms with van der Waals surface area (Å²) in [5, 5.41) is 22.5. The molecular formula is C6H15N5O2. The average molecular weight is 189 g/mol. The standard InChI is InChI=1S/C6H15N5O2/c7-5(8)11(6(9)10)1-3-13-4-2-12/h12H,1-4H2,(H3,7,8)(H3,9,10). The van der Waals surface area contributed by atoms with E-state index >= 15 is 0 Å². The summed E-state index contributed by atoms with van der Waals surface area (Å²) in [6.45, 7) is 0.675. The van der Waals surface area contributed by atoms with Gasteiger partial charge < -0.3 is 21.3 Å². The Kier molecular flexibility index (Phi) is 5.57. The molecule has 0 amide bonds. The molecule has 7 heteroatoms. The summed E-state index contributed by atoms with van der Waals surface area (Å²) in [6, 6.07) is 0. The molecule has 0 aliphatic heterocycles. The first-order valence-electron chi connectivity index (χ1n) is 3.73. The summed E-state index contributed by atoms with van der Waals surface area (Å²) < 4.78 is 4.92. The van der Waals surface area contributed by atoms with Crippen molar-refractivity contribution in [3.63, 3.8) is 0 Å². The predicted octanol–water partition coefficient (Wildman–Crippen LogP) is -1.92. The van der Waals surface area contributed by atoms with Crippen molar-refractivity contribution in [2.24, 2.45) is 11.5 Å². The van der Waals surface area contributed by atoms with Crippen LogP contribution in [0.15, 0.2) is 0 Å². The van der Waals surface area contributed by atoms with E-state index in [0.717, 1.165) is 4.90 Å². The maximum atomic E-state index is 8.38. The molecule has 0 radical (unpaired) electrons. The zero-order valence-electron chi connectivity index (χ0n) is 7.29. The number of hydrogen-bond acceptors (Lipinski definition) is 4. The first-order valence-corrected chi connectivity index (χ1v) is 3.73. The monoisotopic (exact) mass is 189 g/mol. The van der Waals surface area contributed by atoms with Gasteiger partial charge >= 0.3 is 0 Å². The van der Waals surface area contributed by atoms with Crippen LogP contribution >= 0.6 is 0 Å². The zero-order valence-corrected chi connectivity index (χ0v) is 7.29. The number of guanidine groups is 2. The minimum absolute atomic E-state index is 0.0554. The van der Waals surface area contributed by atoms with Gasteiger partial charge in [0, 0.05) is 0 Å². The maximum Gasteiger partial charge on any atom is 0.195 e. The SMILES string of the molecule is N=C(N)N(CCOCCO)C(=N)N. The quantitative estimate of drug-likeness (QED) is 0.195. The number of hydrogen-bond donors (Lipinski definition) is 5. The molecule has 0 aliphatic rings. The molecule has 0 aromatic rings. The van der Waals surface area contributed by atoms with Gasteiger partial charge in [0.25, 0.3) is 0 Å². The van der Waals surface area contributed by atoms with Gasteiger partial charge in [-0.25, -0.2) is 0 Å². The van der Waals surface area contributed by atoms with Crippen LogP contribution in [0.4, 0.5) is 0 Å². The Balaban J connectivity index is 3.71. The van der Waals surface area contributed by atoms with Crippen molar-refractivity contribution >= 4 is 11.9 Å². The summed E-state index contributed by atoms with van der Waals surface area (Å²) in [4.78, 5) is 1.09. The molecule has 0 heterocycles.